The highest BCUT2D eigenvalue weighted by atomic mass is 35.5. The normalized spacial score (nSPS) is 12.3. The lowest BCUT2D eigenvalue weighted by atomic mass is 10.1. The van der Waals surface area contributed by atoms with E-state index in [1.807, 2.05) is 19.1 Å². The molecular formula is C15H18ClN3O. The number of carbonyl (C=O) groups excluding carboxylic acids is 1. The van der Waals surface area contributed by atoms with Crippen molar-refractivity contribution in [2.24, 2.45) is 5.73 Å². The maximum atomic E-state index is 11.9. The maximum Gasteiger partial charge on any atom is 0.224 e. The van der Waals surface area contributed by atoms with Crippen molar-refractivity contribution in [3.63, 3.8) is 0 Å². The zero-order valence-electron chi connectivity index (χ0n) is 11.4. The average molecular weight is 292 g/mol. The molecule has 0 spiro atoms. The van der Waals surface area contributed by atoms with E-state index in [1.165, 1.54) is 0 Å². The fourth-order valence-electron chi connectivity index (χ4n) is 2.04. The highest BCUT2D eigenvalue weighted by molar-refractivity contribution is 6.35. The monoisotopic (exact) mass is 291 g/mol. The number of halogens is 1. The Bertz CT molecular complexity index is 613. The van der Waals surface area contributed by atoms with Gasteiger partial charge >= 0.3 is 0 Å². The van der Waals surface area contributed by atoms with Crippen molar-refractivity contribution in [1.82, 2.24) is 4.98 Å². The molecule has 20 heavy (non-hydrogen) atoms. The van der Waals surface area contributed by atoms with Crippen LogP contribution in [0, 0.1) is 0 Å². The smallest absolute Gasteiger partial charge is 0.224 e. The van der Waals surface area contributed by atoms with Crippen LogP contribution in [0.1, 0.15) is 26.2 Å². The van der Waals surface area contributed by atoms with E-state index in [1.54, 1.807) is 18.3 Å². The summed E-state index contributed by atoms with van der Waals surface area (Å²) in [5, 5.41) is 4.33. The van der Waals surface area contributed by atoms with Crippen LogP contribution in [0.2, 0.25) is 5.02 Å². The molecule has 1 amide bonds. The molecule has 4 nitrogen and oxygen atoms in total. The molecule has 1 aromatic carbocycles. The van der Waals surface area contributed by atoms with Gasteiger partial charge in [0.1, 0.15) is 0 Å². The van der Waals surface area contributed by atoms with Crippen LogP contribution in [0.3, 0.4) is 0 Å². The van der Waals surface area contributed by atoms with Crippen molar-refractivity contribution in [2.45, 2.75) is 32.2 Å². The van der Waals surface area contributed by atoms with Gasteiger partial charge in [-0.3, -0.25) is 9.78 Å². The number of pyridine rings is 1. The maximum absolute atomic E-state index is 11.9. The zero-order valence-corrected chi connectivity index (χ0v) is 12.2. The second-order valence-corrected chi connectivity index (χ2v) is 5.32. The number of amides is 1. The van der Waals surface area contributed by atoms with Crippen molar-refractivity contribution in [2.75, 3.05) is 5.32 Å². The summed E-state index contributed by atoms with van der Waals surface area (Å²) >= 11 is 6.09. The van der Waals surface area contributed by atoms with Gasteiger partial charge in [-0.25, -0.2) is 0 Å². The number of nitrogens with zero attached hydrogens (tertiary/aromatic N) is 1. The molecule has 1 unspecified atom stereocenters. The lowest BCUT2D eigenvalue weighted by Crippen LogP contribution is -2.17. The Morgan fingerprint density at radius 1 is 1.45 bits per heavy atom. The molecule has 0 aliphatic rings. The Kier molecular flexibility index (Phi) is 4.93. The molecule has 2 rings (SSSR count). The number of nitrogens with two attached hydrogens (primary N) is 1. The van der Waals surface area contributed by atoms with Gasteiger partial charge in [0.05, 0.1) is 16.2 Å². The minimum atomic E-state index is -0.0156. The van der Waals surface area contributed by atoms with Crippen LogP contribution in [0.4, 0.5) is 5.69 Å². The summed E-state index contributed by atoms with van der Waals surface area (Å²) in [6.45, 7) is 1.94. The van der Waals surface area contributed by atoms with Gasteiger partial charge in [-0.05, 0) is 44.0 Å². The zero-order chi connectivity index (χ0) is 14.5. The number of rotatable bonds is 5. The first-order chi connectivity index (χ1) is 9.58. The van der Waals surface area contributed by atoms with Crippen LogP contribution in [0.5, 0.6) is 0 Å². The minimum Gasteiger partial charge on any atom is -0.328 e. The predicted molar refractivity (Wildman–Crippen MR) is 82.9 cm³/mol. The summed E-state index contributed by atoms with van der Waals surface area (Å²) in [6, 6.07) is 7.39. The third-order valence-electron chi connectivity index (χ3n) is 3.06. The van der Waals surface area contributed by atoms with Gasteiger partial charge in [0.15, 0.2) is 0 Å². The Balaban J connectivity index is 2.10. The highest BCUT2D eigenvalue weighted by Gasteiger charge is 2.08. The lowest BCUT2D eigenvalue weighted by molar-refractivity contribution is -0.116. The largest absolute Gasteiger partial charge is 0.328 e. The van der Waals surface area contributed by atoms with E-state index in [4.69, 9.17) is 17.3 Å². The number of hydrogen-bond donors (Lipinski definition) is 2. The van der Waals surface area contributed by atoms with Crippen molar-refractivity contribution in [3.8, 4) is 0 Å². The van der Waals surface area contributed by atoms with Crippen molar-refractivity contribution < 1.29 is 4.79 Å². The fourth-order valence-corrected chi connectivity index (χ4v) is 2.26. The molecule has 0 aliphatic carbocycles. The molecule has 0 saturated carbocycles. The number of nitrogens with one attached hydrogen (secondary N) is 1. The Labute approximate surface area is 123 Å². The van der Waals surface area contributed by atoms with Crippen LogP contribution in [0.25, 0.3) is 10.9 Å². The Morgan fingerprint density at radius 2 is 2.25 bits per heavy atom. The topological polar surface area (TPSA) is 68.0 Å². The SMILES string of the molecule is CC(N)CCCC(=O)Nc1ccc(Cl)c2ncccc12. The predicted octanol–water partition coefficient (Wildman–Crippen LogP) is 3.34. The van der Waals surface area contributed by atoms with Crippen molar-refractivity contribution >= 4 is 34.1 Å². The highest BCUT2D eigenvalue weighted by Crippen LogP contribution is 2.28. The van der Waals surface area contributed by atoms with Crippen LogP contribution in [-0.2, 0) is 4.79 Å². The number of anilines is 1. The lowest BCUT2D eigenvalue weighted by Gasteiger charge is -2.10. The molecule has 0 radical (unpaired) electrons. The second-order valence-electron chi connectivity index (χ2n) is 4.91. The number of benzene rings is 1. The molecule has 2 aromatic rings. The van der Waals surface area contributed by atoms with Gasteiger partial charge in [0.2, 0.25) is 5.91 Å². The van der Waals surface area contributed by atoms with Crippen molar-refractivity contribution in [3.05, 3.63) is 35.5 Å². The summed E-state index contributed by atoms with van der Waals surface area (Å²) in [5.41, 5.74) is 7.10. The minimum absolute atomic E-state index is 0.0156. The third-order valence-corrected chi connectivity index (χ3v) is 3.36. The van der Waals surface area contributed by atoms with Crippen molar-refractivity contribution in [1.29, 1.82) is 0 Å². The summed E-state index contributed by atoms with van der Waals surface area (Å²) < 4.78 is 0. The van der Waals surface area contributed by atoms with Gasteiger partial charge < -0.3 is 11.1 Å². The summed E-state index contributed by atoms with van der Waals surface area (Å²) in [5.74, 6) is -0.0156. The van der Waals surface area contributed by atoms with E-state index in [-0.39, 0.29) is 11.9 Å². The van der Waals surface area contributed by atoms with Crippen LogP contribution < -0.4 is 11.1 Å². The van der Waals surface area contributed by atoms with Crippen LogP contribution in [-0.4, -0.2) is 16.9 Å². The summed E-state index contributed by atoms with van der Waals surface area (Å²) in [4.78, 5) is 16.2. The third kappa shape index (κ3) is 3.68. The molecule has 0 saturated heterocycles. The molecule has 1 aromatic heterocycles. The number of aromatic nitrogens is 1. The molecule has 1 atom stereocenters. The van der Waals surface area contributed by atoms with E-state index >= 15 is 0 Å². The van der Waals surface area contributed by atoms with Crippen LogP contribution >= 0.6 is 11.6 Å². The number of carbonyl (C=O) groups is 1. The van der Waals surface area contributed by atoms with Gasteiger partial charge in [0, 0.05) is 24.0 Å². The van der Waals surface area contributed by atoms with E-state index in [0.717, 1.165) is 23.9 Å². The van der Waals surface area contributed by atoms with Gasteiger partial charge in [-0.2, -0.15) is 0 Å². The van der Waals surface area contributed by atoms with Gasteiger partial charge in [-0.1, -0.05) is 11.6 Å². The van der Waals surface area contributed by atoms with E-state index < -0.39 is 0 Å². The van der Waals surface area contributed by atoms with Crippen LogP contribution in [0.15, 0.2) is 30.5 Å². The first-order valence-corrected chi connectivity index (χ1v) is 7.04. The molecule has 0 bridgehead atoms. The van der Waals surface area contributed by atoms with Gasteiger partial charge in [-0.15, -0.1) is 0 Å². The fraction of sp³-hybridized carbons (Fsp3) is 0.333. The molecule has 0 aliphatic heterocycles. The number of hydrogen-bond acceptors (Lipinski definition) is 3. The standard InChI is InChI=1S/C15H18ClN3O/c1-10(17)4-2-6-14(20)19-13-8-7-12(16)15-11(13)5-3-9-18-15/h3,5,7-10H,2,4,6,17H2,1H3,(H,19,20). The molecular weight excluding hydrogens is 274 g/mol. The Morgan fingerprint density at radius 3 is 3.00 bits per heavy atom. The Hall–Kier alpha value is -1.65. The van der Waals surface area contributed by atoms with E-state index in [9.17, 15) is 4.79 Å². The molecule has 0 fully saturated rings. The first kappa shape index (κ1) is 14.8. The van der Waals surface area contributed by atoms with E-state index in [0.29, 0.717) is 17.0 Å². The van der Waals surface area contributed by atoms with E-state index in [2.05, 4.69) is 10.3 Å². The van der Waals surface area contributed by atoms with Gasteiger partial charge in [0.25, 0.3) is 0 Å². The second kappa shape index (κ2) is 6.68. The molecule has 1 heterocycles. The quantitative estimate of drug-likeness (QED) is 0.888. The average Bonchev–Trinajstić information content (AvgIpc) is 2.42. The first-order valence-electron chi connectivity index (χ1n) is 6.66. The number of fused-ring (bicyclic) bond motifs is 1. The molecule has 5 heteroatoms. The molecule has 3 N–H and O–H groups in total. The summed E-state index contributed by atoms with van der Waals surface area (Å²) in [6.07, 6.45) is 3.78. The molecule has 106 valence electrons. The summed E-state index contributed by atoms with van der Waals surface area (Å²) in [7, 11) is 0.